The van der Waals surface area contributed by atoms with Gasteiger partial charge in [-0.2, -0.15) is 4.31 Å². The summed E-state index contributed by atoms with van der Waals surface area (Å²) in [6.45, 7) is -0.333. The first-order chi connectivity index (χ1) is 9.80. The van der Waals surface area contributed by atoms with Crippen LogP contribution in [-0.4, -0.2) is 48.1 Å². The number of hydrogen-bond acceptors (Lipinski definition) is 4. The Balaban J connectivity index is 2.56. The van der Waals surface area contributed by atoms with Gasteiger partial charge in [0.2, 0.25) is 10.0 Å². The van der Waals surface area contributed by atoms with Crippen LogP contribution in [-0.2, 0) is 10.0 Å². The summed E-state index contributed by atoms with van der Waals surface area (Å²) in [5, 5.41) is 17.9. The van der Waals surface area contributed by atoms with E-state index in [2.05, 4.69) is 0 Å². The zero-order valence-electron chi connectivity index (χ0n) is 10.8. The van der Waals surface area contributed by atoms with Crippen LogP contribution in [0.5, 0.6) is 0 Å². The summed E-state index contributed by atoms with van der Waals surface area (Å²) in [5.74, 6) is -4.87. The Hall–Kier alpha value is -1.58. The first-order valence-corrected chi connectivity index (χ1v) is 7.58. The smallest absolute Gasteiger partial charge is 0.341 e. The maximum Gasteiger partial charge on any atom is 0.341 e. The Labute approximate surface area is 119 Å². The van der Waals surface area contributed by atoms with E-state index >= 15 is 0 Å². The Bertz CT molecular complexity index is 676. The molecular formula is C12H13F2NO5S. The van der Waals surface area contributed by atoms with Gasteiger partial charge in [0.25, 0.3) is 0 Å². The second kappa shape index (κ2) is 5.66. The number of carboxylic acids is 1. The number of nitrogens with zero attached hydrogens (tertiary/aromatic N) is 1. The van der Waals surface area contributed by atoms with Crippen LogP contribution in [0.15, 0.2) is 17.0 Å². The molecule has 1 aromatic rings. The molecule has 0 aliphatic carbocycles. The SMILES string of the molecule is O=C(O)c1c(F)ccc(S(=O)(=O)N2CCCC2CO)c1F. The molecule has 0 spiro atoms. The van der Waals surface area contributed by atoms with Crippen LogP contribution in [0.1, 0.15) is 23.2 Å². The molecule has 116 valence electrons. The quantitative estimate of drug-likeness (QED) is 0.856. The fraction of sp³-hybridized carbons (Fsp3) is 0.417. The molecule has 0 aromatic heterocycles. The lowest BCUT2D eigenvalue weighted by Gasteiger charge is -2.22. The van der Waals surface area contributed by atoms with Crippen molar-refractivity contribution in [3.8, 4) is 0 Å². The number of sulfonamides is 1. The summed E-state index contributed by atoms with van der Waals surface area (Å²) in [4.78, 5) is 9.93. The van der Waals surface area contributed by atoms with Crippen LogP contribution in [0.25, 0.3) is 0 Å². The highest BCUT2D eigenvalue weighted by molar-refractivity contribution is 7.89. The van der Waals surface area contributed by atoms with E-state index in [0.29, 0.717) is 25.0 Å². The predicted molar refractivity (Wildman–Crippen MR) is 67.3 cm³/mol. The van der Waals surface area contributed by atoms with E-state index in [-0.39, 0.29) is 6.54 Å². The van der Waals surface area contributed by atoms with Gasteiger partial charge >= 0.3 is 5.97 Å². The van der Waals surface area contributed by atoms with Crippen LogP contribution in [0.2, 0.25) is 0 Å². The summed E-state index contributed by atoms with van der Waals surface area (Å²) in [7, 11) is -4.34. The number of carbonyl (C=O) groups is 1. The summed E-state index contributed by atoms with van der Waals surface area (Å²) >= 11 is 0. The van der Waals surface area contributed by atoms with Crippen LogP contribution in [0, 0.1) is 11.6 Å². The zero-order chi connectivity index (χ0) is 15.8. The minimum atomic E-state index is -4.34. The molecule has 9 heteroatoms. The van der Waals surface area contributed by atoms with Crippen molar-refractivity contribution in [2.45, 2.75) is 23.8 Å². The fourth-order valence-corrected chi connectivity index (χ4v) is 4.12. The van der Waals surface area contributed by atoms with E-state index in [9.17, 15) is 22.0 Å². The Morgan fingerprint density at radius 2 is 2.05 bits per heavy atom. The second-order valence-electron chi connectivity index (χ2n) is 4.63. The topological polar surface area (TPSA) is 94.9 Å². The maximum atomic E-state index is 14.1. The number of hydrogen-bond donors (Lipinski definition) is 2. The van der Waals surface area contributed by atoms with Gasteiger partial charge in [0.1, 0.15) is 16.3 Å². The van der Waals surface area contributed by atoms with E-state index in [0.717, 1.165) is 4.31 Å². The molecule has 1 saturated heterocycles. The minimum Gasteiger partial charge on any atom is -0.477 e. The molecule has 1 heterocycles. The van der Waals surface area contributed by atoms with Crippen molar-refractivity contribution in [1.29, 1.82) is 0 Å². The van der Waals surface area contributed by atoms with Crippen LogP contribution in [0.4, 0.5) is 8.78 Å². The molecule has 2 rings (SSSR count). The van der Waals surface area contributed by atoms with E-state index in [1.807, 2.05) is 0 Å². The summed E-state index contributed by atoms with van der Waals surface area (Å²) in [6, 6.07) is 0.607. The standard InChI is InChI=1S/C12H13F2NO5S/c13-8-3-4-9(11(14)10(8)12(17)18)21(19,20)15-5-1-2-7(15)6-16/h3-4,7,16H,1-2,5-6H2,(H,17,18). The van der Waals surface area contributed by atoms with E-state index in [1.54, 1.807) is 0 Å². The lowest BCUT2D eigenvalue weighted by Crippen LogP contribution is -2.38. The monoisotopic (exact) mass is 321 g/mol. The zero-order valence-corrected chi connectivity index (χ0v) is 11.6. The van der Waals surface area contributed by atoms with Crippen molar-refractivity contribution in [3.63, 3.8) is 0 Å². The van der Waals surface area contributed by atoms with Crippen molar-refractivity contribution < 1.29 is 32.2 Å². The molecule has 0 amide bonds. The van der Waals surface area contributed by atoms with E-state index < -0.39 is 50.7 Å². The first-order valence-electron chi connectivity index (χ1n) is 6.14. The molecule has 0 radical (unpaired) electrons. The number of rotatable bonds is 4. The molecule has 1 aliphatic heterocycles. The molecule has 1 unspecified atom stereocenters. The van der Waals surface area contributed by atoms with Gasteiger partial charge in [-0.1, -0.05) is 0 Å². The third kappa shape index (κ3) is 2.63. The van der Waals surface area contributed by atoms with Crippen LogP contribution >= 0.6 is 0 Å². The molecular weight excluding hydrogens is 308 g/mol. The number of carboxylic acid groups (broad SMARTS) is 1. The molecule has 1 atom stereocenters. The minimum absolute atomic E-state index is 0.0901. The van der Waals surface area contributed by atoms with Gasteiger partial charge in [-0.3, -0.25) is 0 Å². The molecule has 6 nitrogen and oxygen atoms in total. The lowest BCUT2D eigenvalue weighted by molar-refractivity contribution is 0.0685. The third-order valence-corrected chi connectivity index (χ3v) is 5.36. The predicted octanol–water partition coefficient (Wildman–Crippen LogP) is 0.808. The molecule has 21 heavy (non-hydrogen) atoms. The number of benzene rings is 1. The molecule has 1 fully saturated rings. The van der Waals surface area contributed by atoms with Gasteiger partial charge in [-0.05, 0) is 25.0 Å². The molecule has 0 saturated carbocycles. The van der Waals surface area contributed by atoms with Gasteiger partial charge in [-0.15, -0.1) is 0 Å². The van der Waals surface area contributed by atoms with Gasteiger partial charge in [-0.25, -0.2) is 22.0 Å². The normalized spacial score (nSPS) is 19.9. The highest BCUT2D eigenvalue weighted by Gasteiger charge is 2.37. The van der Waals surface area contributed by atoms with Gasteiger partial charge in [0, 0.05) is 12.6 Å². The average molecular weight is 321 g/mol. The average Bonchev–Trinajstić information content (AvgIpc) is 2.86. The van der Waals surface area contributed by atoms with Crippen molar-refractivity contribution in [2.24, 2.45) is 0 Å². The highest BCUT2D eigenvalue weighted by Crippen LogP contribution is 2.29. The van der Waals surface area contributed by atoms with Crippen molar-refractivity contribution >= 4 is 16.0 Å². The van der Waals surface area contributed by atoms with Crippen molar-refractivity contribution in [1.82, 2.24) is 4.31 Å². The van der Waals surface area contributed by atoms with Crippen molar-refractivity contribution in [3.05, 3.63) is 29.3 Å². The van der Waals surface area contributed by atoms with Gasteiger partial charge in [0.05, 0.1) is 6.61 Å². The van der Waals surface area contributed by atoms with Crippen LogP contribution < -0.4 is 0 Å². The maximum absolute atomic E-state index is 14.1. The molecule has 0 bridgehead atoms. The number of aliphatic hydroxyl groups is 1. The Morgan fingerprint density at radius 3 is 2.62 bits per heavy atom. The number of aliphatic hydroxyl groups excluding tert-OH is 1. The summed E-state index contributed by atoms with van der Waals surface area (Å²) < 4.78 is 53.0. The largest absolute Gasteiger partial charge is 0.477 e. The second-order valence-corrected chi connectivity index (χ2v) is 6.49. The lowest BCUT2D eigenvalue weighted by atomic mass is 10.2. The first kappa shape index (κ1) is 15.8. The molecule has 1 aliphatic rings. The van der Waals surface area contributed by atoms with Gasteiger partial charge in [0.15, 0.2) is 5.82 Å². The van der Waals surface area contributed by atoms with Gasteiger partial charge < -0.3 is 10.2 Å². The summed E-state index contributed by atoms with van der Waals surface area (Å²) in [6.07, 6.45) is 0.920. The highest BCUT2D eigenvalue weighted by atomic mass is 32.2. The Kier molecular flexibility index (Phi) is 4.26. The third-order valence-electron chi connectivity index (χ3n) is 3.39. The van der Waals surface area contributed by atoms with Crippen molar-refractivity contribution in [2.75, 3.05) is 13.2 Å². The fourth-order valence-electron chi connectivity index (χ4n) is 2.36. The number of halogens is 2. The summed E-state index contributed by atoms with van der Waals surface area (Å²) in [5.41, 5.74) is -1.31. The van der Waals surface area contributed by atoms with E-state index in [1.165, 1.54) is 0 Å². The Morgan fingerprint density at radius 1 is 1.38 bits per heavy atom. The number of aromatic carboxylic acids is 1. The van der Waals surface area contributed by atoms with E-state index in [4.69, 9.17) is 10.2 Å². The molecule has 1 aromatic carbocycles. The molecule has 2 N–H and O–H groups in total. The van der Waals surface area contributed by atoms with Crippen LogP contribution in [0.3, 0.4) is 0 Å².